The Balaban J connectivity index is 1.74. The molecule has 1 aromatic heterocycles. The second-order valence-corrected chi connectivity index (χ2v) is 5.84. The van der Waals surface area contributed by atoms with Crippen LogP contribution in [0.1, 0.15) is 29.9 Å². The highest BCUT2D eigenvalue weighted by atomic mass is 15.4. The summed E-state index contributed by atoms with van der Waals surface area (Å²) >= 11 is 0. The first-order valence-electron chi connectivity index (χ1n) is 7.53. The number of benzene rings is 1. The molecule has 0 N–H and O–H groups in total. The van der Waals surface area contributed by atoms with Gasteiger partial charge in [0.25, 0.3) is 0 Å². The van der Waals surface area contributed by atoms with Gasteiger partial charge in [-0.3, -0.25) is 4.99 Å². The molecule has 2 unspecified atom stereocenters. The van der Waals surface area contributed by atoms with Gasteiger partial charge in [0.1, 0.15) is 0 Å². The largest absolute Gasteiger partial charge is 0.262 e. The molecular formula is C18H15N5. The molecule has 0 saturated heterocycles. The second kappa shape index (κ2) is 5.03. The third kappa shape index (κ3) is 2.20. The molecule has 0 radical (unpaired) electrons. The maximum absolute atomic E-state index is 8.92. The van der Waals surface area contributed by atoms with Gasteiger partial charge in [-0.25, -0.2) is 9.67 Å². The standard InChI is InChI=1S/C18H15N5/c1-11-7-17-20-10-15-8-16(12(2)21-18(15)23(17)22-11)14-5-3-13(9-19)4-6-14/h3-8,10,15,18H,1-2H3. The van der Waals surface area contributed by atoms with Gasteiger partial charge in [-0.15, -0.1) is 0 Å². The fourth-order valence-corrected chi connectivity index (χ4v) is 3.08. The molecule has 2 aromatic rings. The van der Waals surface area contributed by atoms with Crippen LogP contribution in [0.2, 0.25) is 0 Å². The number of hydrogen-bond acceptors (Lipinski definition) is 4. The predicted molar refractivity (Wildman–Crippen MR) is 89.9 cm³/mol. The molecule has 0 fully saturated rings. The zero-order valence-corrected chi connectivity index (χ0v) is 12.9. The van der Waals surface area contributed by atoms with Gasteiger partial charge in [-0.2, -0.15) is 10.4 Å². The lowest BCUT2D eigenvalue weighted by Gasteiger charge is -2.28. The predicted octanol–water partition coefficient (Wildman–Crippen LogP) is 3.45. The highest BCUT2D eigenvalue weighted by molar-refractivity contribution is 6.23. The number of fused-ring (bicyclic) bond motifs is 3. The number of nitriles is 1. The molecule has 0 bridgehead atoms. The van der Waals surface area contributed by atoms with Crippen LogP contribution >= 0.6 is 0 Å². The van der Waals surface area contributed by atoms with E-state index in [0.29, 0.717) is 5.56 Å². The third-order valence-corrected chi connectivity index (χ3v) is 4.21. The van der Waals surface area contributed by atoms with Crippen LogP contribution < -0.4 is 0 Å². The summed E-state index contributed by atoms with van der Waals surface area (Å²) in [4.78, 5) is 9.35. The Hall–Kier alpha value is -3.00. The maximum atomic E-state index is 8.92. The van der Waals surface area contributed by atoms with E-state index in [1.165, 1.54) is 0 Å². The fourth-order valence-electron chi connectivity index (χ4n) is 3.08. The highest BCUT2D eigenvalue weighted by Gasteiger charge is 2.30. The van der Waals surface area contributed by atoms with Crippen LogP contribution in [-0.2, 0) is 0 Å². The lowest BCUT2D eigenvalue weighted by molar-refractivity contribution is 0.425. The molecular weight excluding hydrogens is 286 g/mol. The molecule has 2 aliphatic rings. The summed E-state index contributed by atoms with van der Waals surface area (Å²) in [6, 6.07) is 11.7. The Kier molecular flexibility index (Phi) is 2.98. The number of aliphatic imine (C=N–C) groups is 2. The Morgan fingerprint density at radius 2 is 1.96 bits per heavy atom. The molecule has 5 heteroatoms. The summed E-state index contributed by atoms with van der Waals surface area (Å²) in [6.07, 6.45) is 4.08. The molecule has 23 heavy (non-hydrogen) atoms. The van der Waals surface area contributed by atoms with Crippen LogP contribution in [0.5, 0.6) is 0 Å². The second-order valence-electron chi connectivity index (χ2n) is 5.84. The van der Waals surface area contributed by atoms with Gasteiger partial charge in [-0.05, 0) is 37.1 Å². The van der Waals surface area contributed by atoms with Gasteiger partial charge in [0.2, 0.25) is 0 Å². The quantitative estimate of drug-likeness (QED) is 0.809. The SMILES string of the molecule is CC1=NC2C(C=Nc3cc(C)nn32)C=C1c1ccc(C#N)cc1. The van der Waals surface area contributed by atoms with Crippen molar-refractivity contribution in [1.29, 1.82) is 5.26 Å². The molecule has 0 spiro atoms. The number of hydrogen-bond donors (Lipinski definition) is 0. The van der Waals surface area contributed by atoms with Gasteiger partial charge in [0, 0.05) is 18.0 Å². The number of aryl methyl sites for hydroxylation is 1. The minimum absolute atomic E-state index is 0.0571. The third-order valence-electron chi connectivity index (χ3n) is 4.21. The van der Waals surface area contributed by atoms with Crippen LogP contribution in [-0.4, -0.2) is 21.7 Å². The Morgan fingerprint density at radius 1 is 1.17 bits per heavy atom. The van der Waals surface area contributed by atoms with E-state index in [9.17, 15) is 0 Å². The van der Waals surface area contributed by atoms with E-state index in [0.717, 1.165) is 28.4 Å². The maximum Gasteiger partial charge on any atom is 0.155 e. The molecule has 4 rings (SSSR count). The van der Waals surface area contributed by atoms with Crippen LogP contribution in [0.3, 0.4) is 0 Å². The van der Waals surface area contributed by atoms with Crippen molar-refractivity contribution in [3.8, 4) is 6.07 Å². The van der Waals surface area contributed by atoms with Crippen molar-refractivity contribution in [2.24, 2.45) is 15.9 Å². The van der Waals surface area contributed by atoms with E-state index in [2.05, 4.69) is 22.2 Å². The summed E-state index contributed by atoms with van der Waals surface area (Å²) in [7, 11) is 0. The normalized spacial score (nSPS) is 21.8. The topological polar surface area (TPSA) is 66.3 Å². The van der Waals surface area contributed by atoms with Gasteiger partial charge in [0.15, 0.2) is 12.0 Å². The average Bonchev–Trinajstić information content (AvgIpc) is 2.95. The molecule has 0 amide bonds. The molecule has 5 nitrogen and oxygen atoms in total. The minimum Gasteiger partial charge on any atom is -0.262 e. The summed E-state index contributed by atoms with van der Waals surface area (Å²) in [5, 5.41) is 13.4. The minimum atomic E-state index is -0.0571. The van der Waals surface area contributed by atoms with Gasteiger partial charge in [0.05, 0.1) is 23.2 Å². The molecule has 112 valence electrons. The summed E-state index contributed by atoms with van der Waals surface area (Å²) in [5.41, 5.74) is 4.75. The lowest BCUT2D eigenvalue weighted by atomic mass is 9.91. The van der Waals surface area contributed by atoms with Crippen molar-refractivity contribution in [2.75, 3.05) is 0 Å². The molecule has 0 aliphatic carbocycles. The van der Waals surface area contributed by atoms with Gasteiger partial charge < -0.3 is 0 Å². The van der Waals surface area contributed by atoms with E-state index in [-0.39, 0.29) is 12.1 Å². The van der Waals surface area contributed by atoms with Crippen molar-refractivity contribution >= 4 is 23.3 Å². The Labute approximate surface area is 134 Å². The van der Waals surface area contributed by atoms with Crippen LogP contribution in [0.4, 0.5) is 5.82 Å². The van der Waals surface area contributed by atoms with Gasteiger partial charge in [-0.1, -0.05) is 18.2 Å². The molecule has 1 aromatic carbocycles. The molecule has 3 heterocycles. The first-order valence-corrected chi connectivity index (χ1v) is 7.53. The fraction of sp³-hybridized carbons (Fsp3) is 0.222. The van der Waals surface area contributed by atoms with E-state index in [1.54, 1.807) is 0 Å². The smallest absolute Gasteiger partial charge is 0.155 e. The monoisotopic (exact) mass is 301 g/mol. The Bertz CT molecular complexity index is 906. The molecule has 0 saturated carbocycles. The van der Waals surface area contributed by atoms with Crippen LogP contribution in [0.15, 0.2) is 46.4 Å². The molecule has 2 aliphatic heterocycles. The number of dihydropyridines is 1. The number of nitrogens with zero attached hydrogens (tertiary/aromatic N) is 5. The van der Waals surface area contributed by atoms with Gasteiger partial charge >= 0.3 is 0 Å². The summed E-state index contributed by atoms with van der Waals surface area (Å²) < 4.78 is 1.90. The lowest BCUT2D eigenvalue weighted by Crippen LogP contribution is -2.26. The van der Waals surface area contributed by atoms with Crippen LogP contribution in [0, 0.1) is 24.2 Å². The number of aromatic nitrogens is 2. The van der Waals surface area contributed by atoms with Crippen molar-refractivity contribution in [1.82, 2.24) is 9.78 Å². The first kappa shape index (κ1) is 13.6. The molecule has 2 atom stereocenters. The zero-order valence-electron chi connectivity index (χ0n) is 12.9. The van der Waals surface area contributed by atoms with Crippen LogP contribution in [0.25, 0.3) is 5.57 Å². The zero-order chi connectivity index (χ0) is 16.0. The average molecular weight is 301 g/mol. The van der Waals surface area contributed by atoms with E-state index in [4.69, 9.17) is 10.3 Å². The van der Waals surface area contributed by atoms with E-state index in [1.807, 2.05) is 55.1 Å². The Morgan fingerprint density at radius 3 is 2.70 bits per heavy atom. The highest BCUT2D eigenvalue weighted by Crippen LogP contribution is 2.36. The van der Waals surface area contributed by atoms with E-state index >= 15 is 0 Å². The number of rotatable bonds is 1. The van der Waals surface area contributed by atoms with Crippen molar-refractivity contribution < 1.29 is 0 Å². The van der Waals surface area contributed by atoms with Crippen molar-refractivity contribution in [3.05, 3.63) is 53.2 Å². The summed E-state index contributed by atoms with van der Waals surface area (Å²) in [6.45, 7) is 3.98. The number of allylic oxidation sites excluding steroid dienone is 1. The van der Waals surface area contributed by atoms with E-state index < -0.39 is 0 Å². The van der Waals surface area contributed by atoms with Crippen molar-refractivity contribution in [3.63, 3.8) is 0 Å². The summed E-state index contributed by atoms with van der Waals surface area (Å²) in [5.74, 6) is 0.951. The first-order chi connectivity index (χ1) is 11.2. The van der Waals surface area contributed by atoms with Crippen molar-refractivity contribution in [2.45, 2.75) is 20.0 Å².